The molecule has 0 aliphatic carbocycles. The lowest BCUT2D eigenvalue weighted by Crippen LogP contribution is -2.27. The minimum atomic E-state index is 0.183. The van der Waals surface area contributed by atoms with Gasteiger partial charge in [0.25, 0.3) is 5.91 Å². The molecule has 3 heteroatoms. The number of hydrogen-bond donors (Lipinski definition) is 0. The molecule has 1 amide bonds. The summed E-state index contributed by atoms with van der Waals surface area (Å²) < 4.78 is 1.30. The molecule has 0 bridgehead atoms. The van der Waals surface area contributed by atoms with Gasteiger partial charge in [0.1, 0.15) is 0 Å². The van der Waals surface area contributed by atoms with E-state index in [4.69, 9.17) is 0 Å². The lowest BCUT2D eigenvalue weighted by molar-refractivity contribution is 0.0993. The third-order valence-electron chi connectivity index (χ3n) is 5.05. The number of anilines is 1. The van der Waals surface area contributed by atoms with Gasteiger partial charge in [0.15, 0.2) is 0 Å². The van der Waals surface area contributed by atoms with Gasteiger partial charge in [-0.2, -0.15) is 0 Å². The number of unbranched alkanes of at least 4 members (excludes halogenated alkanes) is 5. The Morgan fingerprint density at radius 1 is 1.04 bits per heavy atom. The van der Waals surface area contributed by atoms with E-state index in [2.05, 4.69) is 42.6 Å². The highest BCUT2D eigenvalue weighted by Gasteiger charge is 2.30. The van der Waals surface area contributed by atoms with Crippen molar-refractivity contribution >= 4 is 43.8 Å². The Morgan fingerprint density at radius 2 is 1.88 bits per heavy atom. The third-order valence-corrected chi connectivity index (χ3v) is 6.02. The van der Waals surface area contributed by atoms with E-state index >= 15 is 0 Å². The summed E-state index contributed by atoms with van der Waals surface area (Å²) in [4.78, 5) is 14.9. The highest BCUT2D eigenvalue weighted by molar-refractivity contribution is 7.18. The van der Waals surface area contributed by atoms with Crippen molar-refractivity contribution in [3.63, 3.8) is 0 Å². The largest absolute Gasteiger partial charge is 0.308 e. The van der Waals surface area contributed by atoms with E-state index in [-0.39, 0.29) is 5.91 Å². The maximum Gasteiger partial charge on any atom is 0.259 e. The van der Waals surface area contributed by atoms with E-state index in [0.29, 0.717) is 0 Å². The number of carbonyl (C=O) groups is 1. The number of carbonyl (C=O) groups excluding carboxylic acids is 1. The molecule has 1 aliphatic heterocycles. The summed E-state index contributed by atoms with van der Waals surface area (Å²) in [6, 6.07) is 10.6. The lowest BCUT2D eigenvalue weighted by Gasteiger charge is -2.17. The Kier molecular flexibility index (Phi) is 4.28. The maximum atomic E-state index is 12.9. The molecule has 2 aromatic carbocycles. The summed E-state index contributed by atoms with van der Waals surface area (Å²) in [6.07, 6.45) is 7.50. The molecule has 1 aromatic heterocycles. The van der Waals surface area contributed by atoms with E-state index in [1.165, 1.54) is 47.6 Å². The van der Waals surface area contributed by atoms with Crippen LogP contribution in [0.2, 0.25) is 0 Å². The number of thiophene rings is 1. The molecule has 0 unspecified atom stereocenters. The first-order valence-corrected chi connectivity index (χ1v) is 9.94. The van der Waals surface area contributed by atoms with Crippen molar-refractivity contribution in [2.45, 2.75) is 45.4 Å². The van der Waals surface area contributed by atoms with Gasteiger partial charge in [0.05, 0.1) is 11.3 Å². The van der Waals surface area contributed by atoms with Crippen molar-refractivity contribution < 1.29 is 4.79 Å². The second kappa shape index (κ2) is 6.56. The predicted molar refractivity (Wildman–Crippen MR) is 104 cm³/mol. The molecule has 24 heavy (non-hydrogen) atoms. The first-order chi connectivity index (χ1) is 11.8. The number of fused-ring (bicyclic) bond motifs is 2. The zero-order valence-corrected chi connectivity index (χ0v) is 15.0. The van der Waals surface area contributed by atoms with Gasteiger partial charge in [-0.05, 0) is 35.4 Å². The third kappa shape index (κ3) is 2.51. The molecule has 2 heterocycles. The van der Waals surface area contributed by atoms with Gasteiger partial charge in [-0.15, -0.1) is 11.3 Å². The van der Waals surface area contributed by atoms with E-state index in [1.807, 2.05) is 4.90 Å². The Bertz CT molecular complexity index is 895. The molecule has 0 saturated heterocycles. The molecule has 4 rings (SSSR count). The number of nitrogens with zero attached hydrogens (tertiary/aromatic N) is 1. The molecule has 124 valence electrons. The fraction of sp³-hybridized carbons (Fsp3) is 0.381. The minimum Gasteiger partial charge on any atom is -0.308 e. The molecule has 3 aromatic rings. The van der Waals surface area contributed by atoms with Gasteiger partial charge in [0, 0.05) is 22.0 Å². The van der Waals surface area contributed by atoms with Gasteiger partial charge >= 0.3 is 0 Å². The average Bonchev–Trinajstić information content (AvgIpc) is 3.17. The average molecular weight is 337 g/mol. The fourth-order valence-electron chi connectivity index (χ4n) is 3.81. The zero-order chi connectivity index (χ0) is 16.5. The molecule has 0 saturated carbocycles. The van der Waals surface area contributed by atoms with Gasteiger partial charge in [-0.3, -0.25) is 4.79 Å². The van der Waals surface area contributed by atoms with Gasteiger partial charge in [-0.25, -0.2) is 0 Å². The maximum absolute atomic E-state index is 12.9. The van der Waals surface area contributed by atoms with E-state index in [9.17, 15) is 4.79 Å². The van der Waals surface area contributed by atoms with E-state index in [1.54, 1.807) is 11.3 Å². The Balaban J connectivity index is 1.60. The van der Waals surface area contributed by atoms with Gasteiger partial charge < -0.3 is 4.90 Å². The van der Waals surface area contributed by atoms with Crippen LogP contribution in [0, 0.1) is 0 Å². The number of rotatable bonds is 7. The summed E-state index contributed by atoms with van der Waals surface area (Å²) in [5.41, 5.74) is 1.99. The summed E-state index contributed by atoms with van der Waals surface area (Å²) >= 11 is 1.76. The highest BCUT2D eigenvalue weighted by atomic mass is 32.1. The molecule has 0 fully saturated rings. The van der Waals surface area contributed by atoms with Crippen LogP contribution >= 0.6 is 11.3 Å². The van der Waals surface area contributed by atoms with Crippen molar-refractivity contribution in [2.24, 2.45) is 0 Å². The second-order valence-electron chi connectivity index (χ2n) is 6.69. The number of hydrogen-bond acceptors (Lipinski definition) is 2. The Morgan fingerprint density at radius 3 is 2.75 bits per heavy atom. The van der Waals surface area contributed by atoms with Crippen LogP contribution in [0.5, 0.6) is 0 Å². The summed E-state index contributed by atoms with van der Waals surface area (Å²) in [5, 5.41) is 5.69. The summed E-state index contributed by atoms with van der Waals surface area (Å²) in [5.74, 6) is 0.183. The van der Waals surface area contributed by atoms with Crippen molar-refractivity contribution in [3.8, 4) is 0 Å². The molecule has 1 aliphatic rings. The summed E-state index contributed by atoms with van der Waals surface area (Å²) in [6.45, 7) is 3.08. The molecule has 0 atom stereocenters. The van der Waals surface area contributed by atoms with Crippen LogP contribution in [0.25, 0.3) is 20.9 Å². The first-order valence-electron chi connectivity index (χ1n) is 9.06. The van der Waals surface area contributed by atoms with Crippen LogP contribution in [-0.2, 0) is 0 Å². The minimum absolute atomic E-state index is 0.183. The highest BCUT2D eigenvalue weighted by Crippen LogP contribution is 2.42. The van der Waals surface area contributed by atoms with Crippen molar-refractivity contribution in [1.82, 2.24) is 0 Å². The van der Waals surface area contributed by atoms with Crippen LogP contribution < -0.4 is 4.90 Å². The lowest BCUT2D eigenvalue weighted by atomic mass is 10.0. The van der Waals surface area contributed by atoms with Crippen molar-refractivity contribution in [3.05, 3.63) is 41.3 Å². The Labute approximate surface area is 147 Å². The van der Waals surface area contributed by atoms with Gasteiger partial charge in [0.2, 0.25) is 0 Å². The van der Waals surface area contributed by atoms with Crippen molar-refractivity contribution in [1.29, 1.82) is 0 Å². The van der Waals surface area contributed by atoms with Crippen LogP contribution in [0.4, 0.5) is 5.69 Å². The smallest absolute Gasteiger partial charge is 0.259 e. The zero-order valence-electron chi connectivity index (χ0n) is 14.2. The predicted octanol–water partition coefficient (Wildman–Crippen LogP) is 6.38. The van der Waals surface area contributed by atoms with Crippen LogP contribution in [0.15, 0.2) is 35.7 Å². The first kappa shape index (κ1) is 15.6. The Hall–Kier alpha value is -1.87. The van der Waals surface area contributed by atoms with Crippen molar-refractivity contribution in [2.75, 3.05) is 11.4 Å². The molecule has 0 spiro atoms. The fourth-order valence-corrected chi connectivity index (χ4v) is 4.72. The monoisotopic (exact) mass is 337 g/mol. The molecular weight excluding hydrogens is 314 g/mol. The number of amides is 1. The van der Waals surface area contributed by atoms with Crippen LogP contribution in [0.1, 0.15) is 55.8 Å². The quantitative estimate of drug-likeness (QED) is 0.458. The molecule has 2 nitrogen and oxygen atoms in total. The van der Waals surface area contributed by atoms with Crippen LogP contribution in [-0.4, -0.2) is 12.5 Å². The molecular formula is C21H23NOS. The topological polar surface area (TPSA) is 20.3 Å². The normalized spacial score (nSPS) is 13.5. The molecule has 0 N–H and O–H groups in total. The van der Waals surface area contributed by atoms with E-state index < -0.39 is 0 Å². The van der Waals surface area contributed by atoms with Crippen LogP contribution in [0.3, 0.4) is 0 Å². The standard InChI is InChI=1S/C21H23NOS/c1-2-3-4-5-6-7-12-22-18-10-8-9-16-19(18)17(21(22)23)14-15-11-13-24-20(15)16/h8-11,13-14H,2-7,12H2,1H3. The summed E-state index contributed by atoms with van der Waals surface area (Å²) in [7, 11) is 0. The molecule has 0 radical (unpaired) electrons. The number of benzene rings is 2. The van der Waals surface area contributed by atoms with E-state index in [0.717, 1.165) is 29.6 Å². The van der Waals surface area contributed by atoms with Gasteiger partial charge in [-0.1, -0.05) is 51.2 Å². The SMILES string of the molecule is CCCCCCCCN1C(=O)c2cc3ccsc3c3cccc1c23. The second-order valence-corrected chi connectivity index (χ2v) is 7.60.